The van der Waals surface area contributed by atoms with Crippen LogP contribution in [0.2, 0.25) is 0 Å². The molecule has 114 valence electrons. The molecule has 1 aromatic carbocycles. The summed E-state index contributed by atoms with van der Waals surface area (Å²) >= 11 is 10.9. The minimum Gasteiger partial charge on any atom is -0.382 e. The Morgan fingerprint density at radius 1 is 1.10 bits per heavy atom. The Hall–Kier alpha value is 0.580. The number of benzene rings is 1. The van der Waals surface area contributed by atoms with Crippen LogP contribution in [0.5, 0.6) is 0 Å². The molecule has 0 aliphatic heterocycles. The number of halogens is 3. The Kier molecular flexibility index (Phi) is 9.62. The van der Waals surface area contributed by atoms with Gasteiger partial charge in [-0.05, 0) is 30.5 Å². The van der Waals surface area contributed by atoms with Crippen LogP contribution in [-0.2, 0) is 14.9 Å². The number of rotatable bonds is 10. The molecule has 0 unspecified atom stereocenters. The first-order valence-corrected chi connectivity index (χ1v) is 9.67. The van der Waals surface area contributed by atoms with Crippen LogP contribution in [0.25, 0.3) is 0 Å². The monoisotopic (exact) mass is 470 g/mol. The molecule has 5 heteroatoms. The highest BCUT2D eigenvalue weighted by Gasteiger charge is 2.29. The van der Waals surface area contributed by atoms with E-state index in [1.54, 1.807) is 7.11 Å². The average molecular weight is 473 g/mol. The highest BCUT2D eigenvalue weighted by Crippen LogP contribution is 2.34. The van der Waals surface area contributed by atoms with E-state index in [0.29, 0.717) is 13.2 Å². The molecule has 1 rings (SSSR count). The molecule has 2 nitrogen and oxygen atoms in total. The number of ether oxygens (including phenoxy) is 2. The lowest BCUT2D eigenvalue weighted by Gasteiger charge is -2.31. The van der Waals surface area contributed by atoms with Crippen molar-refractivity contribution in [3.05, 3.63) is 34.3 Å². The fourth-order valence-corrected chi connectivity index (χ4v) is 4.58. The van der Waals surface area contributed by atoms with Crippen molar-refractivity contribution in [1.82, 2.24) is 0 Å². The SMILES string of the molecule is COCCOCCCC(CBr)(CBr)c1cccc(Br)c1. The number of methoxy groups -OCH3 is 1. The zero-order valence-corrected chi connectivity index (χ0v) is 16.5. The van der Waals surface area contributed by atoms with Gasteiger partial charge in [0.25, 0.3) is 0 Å². The second-order valence-corrected chi connectivity index (χ2v) is 6.80. The zero-order chi connectivity index (χ0) is 14.8. The van der Waals surface area contributed by atoms with E-state index < -0.39 is 0 Å². The van der Waals surface area contributed by atoms with Crippen LogP contribution >= 0.6 is 47.8 Å². The van der Waals surface area contributed by atoms with Gasteiger partial charge in [-0.3, -0.25) is 0 Å². The van der Waals surface area contributed by atoms with Crippen molar-refractivity contribution < 1.29 is 9.47 Å². The van der Waals surface area contributed by atoms with Gasteiger partial charge in [-0.25, -0.2) is 0 Å². The summed E-state index contributed by atoms with van der Waals surface area (Å²) in [6, 6.07) is 8.55. The van der Waals surface area contributed by atoms with Crippen LogP contribution in [-0.4, -0.2) is 37.6 Å². The predicted molar refractivity (Wildman–Crippen MR) is 95.3 cm³/mol. The first-order valence-electron chi connectivity index (χ1n) is 6.63. The van der Waals surface area contributed by atoms with Gasteiger partial charge < -0.3 is 9.47 Å². The fraction of sp³-hybridized carbons (Fsp3) is 0.600. The summed E-state index contributed by atoms with van der Waals surface area (Å²) in [4.78, 5) is 0. The normalized spacial score (nSPS) is 11.8. The number of alkyl halides is 2. The van der Waals surface area contributed by atoms with Crippen molar-refractivity contribution in [1.29, 1.82) is 0 Å². The predicted octanol–water partition coefficient (Wildman–Crippen LogP) is 4.92. The quantitative estimate of drug-likeness (QED) is 0.355. The topological polar surface area (TPSA) is 18.5 Å². The van der Waals surface area contributed by atoms with E-state index in [1.165, 1.54) is 5.56 Å². The molecule has 20 heavy (non-hydrogen) atoms. The van der Waals surface area contributed by atoms with Crippen LogP contribution in [0.3, 0.4) is 0 Å². The van der Waals surface area contributed by atoms with E-state index in [0.717, 1.165) is 34.6 Å². The van der Waals surface area contributed by atoms with Gasteiger partial charge in [0, 0.05) is 34.3 Å². The van der Waals surface area contributed by atoms with Crippen LogP contribution in [0.1, 0.15) is 18.4 Å². The lowest BCUT2D eigenvalue weighted by atomic mass is 9.80. The minimum absolute atomic E-state index is 0.106. The molecule has 1 aromatic rings. The summed E-state index contributed by atoms with van der Waals surface area (Å²) in [7, 11) is 1.69. The van der Waals surface area contributed by atoms with Crippen LogP contribution in [0.4, 0.5) is 0 Å². The molecule has 0 spiro atoms. The molecule has 0 radical (unpaired) electrons. The van der Waals surface area contributed by atoms with Crippen molar-refractivity contribution in [2.75, 3.05) is 37.6 Å². The lowest BCUT2D eigenvalue weighted by molar-refractivity contribution is 0.0671. The van der Waals surface area contributed by atoms with Gasteiger partial charge in [0.05, 0.1) is 13.2 Å². The first kappa shape index (κ1) is 18.6. The standard InChI is InChI=1S/C15H21Br3O2/c1-19-8-9-20-7-3-6-15(11-16,12-17)13-4-2-5-14(18)10-13/h2,4-5,10H,3,6-9,11-12H2,1H3. The summed E-state index contributed by atoms with van der Waals surface area (Å²) in [6.07, 6.45) is 2.11. The van der Waals surface area contributed by atoms with E-state index in [2.05, 4.69) is 72.1 Å². The summed E-state index contributed by atoms with van der Waals surface area (Å²) in [5.41, 5.74) is 1.45. The molecule has 0 saturated carbocycles. The van der Waals surface area contributed by atoms with Crippen molar-refractivity contribution >= 4 is 47.8 Å². The third kappa shape index (κ3) is 5.76. The first-order chi connectivity index (χ1) is 9.68. The number of hydrogen-bond donors (Lipinski definition) is 0. The van der Waals surface area contributed by atoms with E-state index in [4.69, 9.17) is 9.47 Å². The molecule has 0 aliphatic rings. The maximum Gasteiger partial charge on any atom is 0.0700 e. The van der Waals surface area contributed by atoms with Crippen molar-refractivity contribution in [3.63, 3.8) is 0 Å². The second kappa shape index (κ2) is 10.3. The zero-order valence-electron chi connectivity index (χ0n) is 11.7. The van der Waals surface area contributed by atoms with Crippen LogP contribution in [0, 0.1) is 0 Å². The molecular formula is C15H21Br3O2. The summed E-state index contributed by atoms with van der Waals surface area (Å²) in [6.45, 7) is 2.11. The highest BCUT2D eigenvalue weighted by molar-refractivity contribution is 9.10. The molecule has 0 heterocycles. The average Bonchev–Trinajstić information content (AvgIpc) is 2.47. The van der Waals surface area contributed by atoms with E-state index in [1.807, 2.05) is 0 Å². The number of hydrogen-bond acceptors (Lipinski definition) is 2. The van der Waals surface area contributed by atoms with Gasteiger partial charge in [0.15, 0.2) is 0 Å². The second-order valence-electron chi connectivity index (χ2n) is 4.77. The van der Waals surface area contributed by atoms with E-state index >= 15 is 0 Å². The molecule has 0 amide bonds. The van der Waals surface area contributed by atoms with Gasteiger partial charge in [0.2, 0.25) is 0 Å². The van der Waals surface area contributed by atoms with E-state index in [-0.39, 0.29) is 5.41 Å². The van der Waals surface area contributed by atoms with E-state index in [9.17, 15) is 0 Å². The third-order valence-corrected chi connectivity index (χ3v) is 5.96. The molecule has 0 bridgehead atoms. The molecule has 0 aliphatic carbocycles. The van der Waals surface area contributed by atoms with Gasteiger partial charge in [0.1, 0.15) is 0 Å². The Bertz CT molecular complexity index is 381. The van der Waals surface area contributed by atoms with Crippen LogP contribution < -0.4 is 0 Å². The van der Waals surface area contributed by atoms with Crippen molar-refractivity contribution in [2.45, 2.75) is 18.3 Å². The maximum atomic E-state index is 5.55. The van der Waals surface area contributed by atoms with Gasteiger partial charge >= 0.3 is 0 Å². The van der Waals surface area contributed by atoms with Crippen molar-refractivity contribution in [2.24, 2.45) is 0 Å². The van der Waals surface area contributed by atoms with Gasteiger partial charge in [-0.15, -0.1) is 0 Å². The Labute approximate surface area is 147 Å². The van der Waals surface area contributed by atoms with Crippen molar-refractivity contribution in [3.8, 4) is 0 Å². The maximum absolute atomic E-state index is 5.55. The minimum atomic E-state index is 0.106. The Balaban J connectivity index is 2.58. The molecule has 0 atom stereocenters. The van der Waals surface area contributed by atoms with Gasteiger partial charge in [-0.2, -0.15) is 0 Å². The highest BCUT2D eigenvalue weighted by atomic mass is 79.9. The molecular weight excluding hydrogens is 452 g/mol. The van der Waals surface area contributed by atoms with Gasteiger partial charge in [-0.1, -0.05) is 59.9 Å². The smallest absolute Gasteiger partial charge is 0.0700 e. The summed E-state index contributed by atoms with van der Waals surface area (Å²) in [5, 5.41) is 1.86. The molecule has 0 N–H and O–H groups in total. The lowest BCUT2D eigenvalue weighted by Crippen LogP contribution is -2.30. The summed E-state index contributed by atoms with van der Waals surface area (Å²) in [5.74, 6) is 0. The largest absolute Gasteiger partial charge is 0.382 e. The third-order valence-electron chi connectivity index (χ3n) is 3.32. The van der Waals surface area contributed by atoms with Crippen LogP contribution in [0.15, 0.2) is 28.7 Å². The fourth-order valence-electron chi connectivity index (χ4n) is 2.04. The molecule has 0 aromatic heterocycles. The summed E-state index contributed by atoms with van der Waals surface area (Å²) < 4.78 is 11.6. The Morgan fingerprint density at radius 2 is 1.85 bits per heavy atom. The molecule has 0 saturated heterocycles. The molecule has 0 fully saturated rings. The Morgan fingerprint density at radius 3 is 2.45 bits per heavy atom.